The van der Waals surface area contributed by atoms with Crippen LogP contribution in [0.5, 0.6) is 0 Å². The predicted molar refractivity (Wildman–Crippen MR) is 85.9 cm³/mol. The fraction of sp³-hybridized carbons (Fsp3) is 0.500. The average molecular weight is 319 g/mol. The summed E-state index contributed by atoms with van der Waals surface area (Å²) >= 11 is 1.80. The molecule has 2 aromatic heterocycles. The molecule has 1 amide bonds. The van der Waals surface area contributed by atoms with Crippen LogP contribution in [0.25, 0.3) is 0 Å². The summed E-state index contributed by atoms with van der Waals surface area (Å²) in [6, 6.07) is 5.95. The Kier molecular flexibility index (Phi) is 4.90. The van der Waals surface area contributed by atoms with Crippen molar-refractivity contribution in [1.82, 2.24) is 15.4 Å². The van der Waals surface area contributed by atoms with Crippen LogP contribution in [0.4, 0.5) is 0 Å². The first-order chi connectivity index (χ1) is 10.7. The maximum Gasteiger partial charge on any atom is 0.289 e. The maximum atomic E-state index is 12.0. The third-order valence-corrected chi connectivity index (χ3v) is 4.83. The van der Waals surface area contributed by atoms with E-state index in [4.69, 9.17) is 4.52 Å². The number of nitrogens with one attached hydrogen (secondary N) is 1. The van der Waals surface area contributed by atoms with Crippen molar-refractivity contribution in [2.45, 2.75) is 26.3 Å². The summed E-state index contributed by atoms with van der Waals surface area (Å²) < 4.78 is 4.99. The highest BCUT2D eigenvalue weighted by atomic mass is 32.1. The maximum absolute atomic E-state index is 12.0. The molecule has 0 bridgehead atoms. The highest BCUT2D eigenvalue weighted by molar-refractivity contribution is 7.09. The Morgan fingerprint density at radius 1 is 1.59 bits per heavy atom. The summed E-state index contributed by atoms with van der Waals surface area (Å²) in [5, 5.41) is 8.83. The van der Waals surface area contributed by atoms with Crippen molar-refractivity contribution in [1.29, 1.82) is 0 Å². The van der Waals surface area contributed by atoms with Gasteiger partial charge in [-0.1, -0.05) is 11.2 Å². The van der Waals surface area contributed by atoms with E-state index in [0.717, 1.165) is 31.7 Å². The number of likely N-dealkylation sites (tertiary alicyclic amines) is 1. The lowest BCUT2D eigenvalue weighted by molar-refractivity contribution is 0.0894. The van der Waals surface area contributed by atoms with Crippen molar-refractivity contribution in [3.63, 3.8) is 0 Å². The summed E-state index contributed by atoms with van der Waals surface area (Å²) in [7, 11) is 0. The van der Waals surface area contributed by atoms with Gasteiger partial charge in [-0.15, -0.1) is 11.3 Å². The minimum absolute atomic E-state index is 0.170. The van der Waals surface area contributed by atoms with Gasteiger partial charge < -0.3 is 9.84 Å². The number of hydrogen-bond donors (Lipinski definition) is 1. The molecule has 1 saturated heterocycles. The second kappa shape index (κ2) is 7.07. The fourth-order valence-corrected chi connectivity index (χ4v) is 3.63. The van der Waals surface area contributed by atoms with Gasteiger partial charge in [0.15, 0.2) is 0 Å². The van der Waals surface area contributed by atoms with Crippen molar-refractivity contribution in [3.05, 3.63) is 39.9 Å². The normalized spacial score (nSPS) is 19.2. The highest BCUT2D eigenvalue weighted by Gasteiger charge is 2.21. The van der Waals surface area contributed by atoms with E-state index in [0.29, 0.717) is 18.2 Å². The molecule has 1 atom stereocenters. The molecule has 3 heterocycles. The van der Waals surface area contributed by atoms with Gasteiger partial charge in [0.2, 0.25) is 5.76 Å². The molecule has 0 saturated carbocycles. The average Bonchev–Trinajstić information content (AvgIpc) is 3.17. The van der Waals surface area contributed by atoms with Gasteiger partial charge in [-0.3, -0.25) is 9.69 Å². The molecule has 1 N–H and O–H groups in total. The summed E-state index contributed by atoms with van der Waals surface area (Å²) in [4.78, 5) is 15.9. The molecule has 1 aliphatic heterocycles. The zero-order valence-electron chi connectivity index (χ0n) is 12.7. The third kappa shape index (κ3) is 3.96. The van der Waals surface area contributed by atoms with E-state index in [1.54, 1.807) is 17.4 Å². The van der Waals surface area contributed by atoms with Crippen molar-refractivity contribution >= 4 is 17.2 Å². The van der Waals surface area contributed by atoms with Gasteiger partial charge in [0, 0.05) is 30.6 Å². The van der Waals surface area contributed by atoms with Crippen LogP contribution < -0.4 is 5.32 Å². The zero-order chi connectivity index (χ0) is 15.4. The minimum Gasteiger partial charge on any atom is -0.351 e. The lowest BCUT2D eigenvalue weighted by atomic mass is 9.98. The smallest absolute Gasteiger partial charge is 0.289 e. The Hall–Kier alpha value is -1.66. The molecule has 0 aromatic carbocycles. The molecule has 0 radical (unpaired) electrons. The molecular formula is C16H21N3O2S. The predicted octanol–water partition coefficient (Wildman–Crippen LogP) is 2.69. The van der Waals surface area contributed by atoms with E-state index in [2.05, 4.69) is 32.9 Å². The van der Waals surface area contributed by atoms with E-state index in [1.807, 2.05) is 6.92 Å². The zero-order valence-corrected chi connectivity index (χ0v) is 13.6. The summed E-state index contributed by atoms with van der Waals surface area (Å²) in [5.74, 6) is 0.626. The van der Waals surface area contributed by atoms with Gasteiger partial charge in [-0.05, 0) is 43.7 Å². The Morgan fingerprint density at radius 2 is 2.50 bits per heavy atom. The summed E-state index contributed by atoms with van der Waals surface area (Å²) in [5.41, 5.74) is 0.727. The fourth-order valence-electron chi connectivity index (χ4n) is 2.88. The summed E-state index contributed by atoms with van der Waals surface area (Å²) in [6.07, 6.45) is 2.35. The lowest BCUT2D eigenvalue weighted by Gasteiger charge is -2.32. The number of amides is 1. The van der Waals surface area contributed by atoms with Gasteiger partial charge >= 0.3 is 0 Å². The van der Waals surface area contributed by atoms with E-state index < -0.39 is 0 Å². The van der Waals surface area contributed by atoms with Gasteiger partial charge in [0.05, 0.1) is 5.69 Å². The number of rotatable bonds is 5. The Bertz CT molecular complexity index is 609. The summed E-state index contributed by atoms with van der Waals surface area (Å²) in [6.45, 7) is 5.70. The van der Waals surface area contributed by atoms with E-state index >= 15 is 0 Å². The Balaban J connectivity index is 1.47. The van der Waals surface area contributed by atoms with Crippen molar-refractivity contribution in [3.8, 4) is 0 Å². The SMILES string of the molecule is Cc1cc(C(=O)NC[C@H]2CCCN(Cc3cccs3)C2)on1. The Morgan fingerprint density at radius 3 is 3.23 bits per heavy atom. The van der Waals surface area contributed by atoms with Gasteiger partial charge in [-0.2, -0.15) is 0 Å². The van der Waals surface area contributed by atoms with Crippen molar-refractivity contribution < 1.29 is 9.32 Å². The van der Waals surface area contributed by atoms with Crippen LogP contribution in [0.2, 0.25) is 0 Å². The largest absolute Gasteiger partial charge is 0.351 e. The number of nitrogens with zero attached hydrogens (tertiary/aromatic N) is 2. The standard InChI is InChI=1S/C16H21N3O2S/c1-12-8-15(21-18-12)16(20)17-9-13-4-2-6-19(10-13)11-14-5-3-7-22-14/h3,5,7-8,13H,2,4,6,9-11H2,1H3,(H,17,20)/t13-/m1/s1. The van der Waals surface area contributed by atoms with Crippen LogP contribution in [-0.4, -0.2) is 35.6 Å². The van der Waals surface area contributed by atoms with Gasteiger partial charge in [-0.25, -0.2) is 0 Å². The van der Waals surface area contributed by atoms with E-state index in [1.165, 1.54) is 11.3 Å². The van der Waals surface area contributed by atoms with Crippen LogP contribution in [0.1, 0.15) is 34.0 Å². The number of aryl methyl sites for hydroxylation is 1. The lowest BCUT2D eigenvalue weighted by Crippen LogP contribution is -2.40. The molecule has 2 aromatic rings. The number of hydrogen-bond acceptors (Lipinski definition) is 5. The second-order valence-electron chi connectivity index (χ2n) is 5.87. The number of thiophene rings is 1. The molecule has 0 unspecified atom stereocenters. The van der Waals surface area contributed by atoms with Crippen LogP contribution in [0, 0.1) is 12.8 Å². The topological polar surface area (TPSA) is 58.4 Å². The number of carbonyl (C=O) groups is 1. The molecule has 118 valence electrons. The third-order valence-electron chi connectivity index (χ3n) is 3.97. The molecule has 1 fully saturated rings. The van der Waals surface area contributed by atoms with Crippen LogP contribution in [0.3, 0.4) is 0 Å². The molecule has 1 aliphatic rings. The molecule has 6 heteroatoms. The van der Waals surface area contributed by atoms with Crippen LogP contribution in [-0.2, 0) is 6.54 Å². The molecule has 22 heavy (non-hydrogen) atoms. The molecule has 3 rings (SSSR count). The van der Waals surface area contributed by atoms with Crippen molar-refractivity contribution in [2.75, 3.05) is 19.6 Å². The molecule has 0 aliphatic carbocycles. The van der Waals surface area contributed by atoms with E-state index in [9.17, 15) is 4.79 Å². The molecule has 0 spiro atoms. The van der Waals surface area contributed by atoms with Crippen molar-refractivity contribution in [2.24, 2.45) is 5.92 Å². The van der Waals surface area contributed by atoms with E-state index in [-0.39, 0.29) is 5.91 Å². The highest BCUT2D eigenvalue weighted by Crippen LogP contribution is 2.20. The number of carbonyl (C=O) groups excluding carboxylic acids is 1. The number of piperidine rings is 1. The monoisotopic (exact) mass is 319 g/mol. The molecular weight excluding hydrogens is 298 g/mol. The Labute approximate surface area is 134 Å². The van der Waals surface area contributed by atoms with Crippen LogP contribution >= 0.6 is 11.3 Å². The first-order valence-corrected chi connectivity index (χ1v) is 8.55. The first-order valence-electron chi connectivity index (χ1n) is 7.67. The van der Waals surface area contributed by atoms with Crippen LogP contribution in [0.15, 0.2) is 28.1 Å². The van der Waals surface area contributed by atoms with Gasteiger partial charge in [0.25, 0.3) is 5.91 Å². The first kappa shape index (κ1) is 15.2. The minimum atomic E-state index is -0.170. The molecule has 5 nitrogen and oxygen atoms in total. The van der Waals surface area contributed by atoms with Gasteiger partial charge in [0.1, 0.15) is 0 Å². The number of aromatic nitrogens is 1. The quantitative estimate of drug-likeness (QED) is 0.920. The second-order valence-corrected chi connectivity index (χ2v) is 6.90.